The summed E-state index contributed by atoms with van der Waals surface area (Å²) < 4.78 is 12.1. The number of allylic oxidation sites excluding steroid dienone is 2. The molecule has 1 heterocycles. The molecule has 2 aromatic rings. The highest BCUT2D eigenvalue weighted by Gasteiger charge is 2.56. The van der Waals surface area contributed by atoms with Crippen LogP contribution in [-0.4, -0.2) is 30.1 Å². The molecular weight excluding hydrogens is 508 g/mol. The minimum Gasteiger partial charge on any atom is -0.493 e. The summed E-state index contributed by atoms with van der Waals surface area (Å²) >= 11 is 9.75. The molecule has 2 amide bonds. The molecule has 8 heteroatoms. The van der Waals surface area contributed by atoms with Crippen LogP contribution in [0.5, 0.6) is 11.5 Å². The molecule has 4 aliphatic rings. The maximum Gasteiger partial charge on any atom is 0.254 e. The van der Waals surface area contributed by atoms with Crippen molar-refractivity contribution < 1.29 is 19.1 Å². The number of carbonyl (C=O) groups excluding carboxylic acids is 2. The van der Waals surface area contributed by atoms with E-state index in [0.717, 1.165) is 23.4 Å². The molecule has 170 valence electrons. The quantitative estimate of drug-likeness (QED) is 0.292. The highest BCUT2D eigenvalue weighted by Crippen LogP contribution is 2.49. The number of methoxy groups -OCH3 is 1. The first kappa shape index (κ1) is 22.2. The van der Waals surface area contributed by atoms with E-state index in [-0.39, 0.29) is 42.1 Å². The van der Waals surface area contributed by atoms with E-state index in [9.17, 15) is 9.59 Å². The van der Waals surface area contributed by atoms with E-state index in [4.69, 9.17) is 21.1 Å². The van der Waals surface area contributed by atoms with Gasteiger partial charge in [-0.25, -0.2) is 0 Å². The minimum atomic E-state index is -0.278. The monoisotopic (exact) mass is 528 g/mol. The number of rotatable bonds is 6. The van der Waals surface area contributed by atoms with Crippen LogP contribution >= 0.6 is 27.5 Å². The molecule has 1 aliphatic heterocycles. The van der Waals surface area contributed by atoms with Gasteiger partial charge in [-0.15, -0.1) is 0 Å². The van der Waals surface area contributed by atoms with Crippen molar-refractivity contribution in [1.82, 2.24) is 5.01 Å². The lowest BCUT2D eigenvalue weighted by Gasteiger charge is -2.37. The van der Waals surface area contributed by atoms with E-state index in [1.54, 1.807) is 19.2 Å². The predicted molar refractivity (Wildman–Crippen MR) is 128 cm³/mol. The number of ether oxygens (including phenoxy) is 2. The lowest BCUT2D eigenvalue weighted by molar-refractivity contribution is -0.140. The van der Waals surface area contributed by atoms with Crippen LogP contribution in [0.2, 0.25) is 5.02 Å². The largest absolute Gasteiger partial charge is 0.493 e. The Bertz CT molecular complexity index is 1150. The zero-order valence-electron chi connectivity index (χ0n) is 17.9. The lowest BCUT2D eigenvalue weighted by atomic mass is 9.63. The highest BCUT2D eigenvalue weighted by atomic mass is 79.9. The SMILES string of the molecule is COc1cc(/C=N\N2C(=O)[C@@H]3[C@H](C2=O)[C@H]2C=C[C@H]3CC2)cc(Br)c1OCc1ccccc1Cl. The molecule has 6 rings (SSSR count). The molecule has 0 radical (unpaired) electrons. The van der Waals surface area contributed by atoms with Crippen LogP contribution in [0.25, 0.3) is 0 Å². The van der Waals surface area contributed by atoms with Crippen LogP contribution < -0.4 is 9.47 Å². The number of fused-ring (bicyclic) bond motifs is 1. The number of nitrogens with zero attached hydrogens (tertiary/aromatic N) is 2. The van der Waals surface area contributed by atoms with E-state index in [1.165, 1.54) is 6.21 Å². The van der Waals surface area contributed by atoms with Crippen LogP contribution in [0.1, 0.15) is 24.0 Å². The Hall–Kier alpha value is -2.64. The topological polar surface area (TPSA) is 68.2 Å². The van der Waals surface area contributed by atoms with Gasteiger partial charge >= 0.3 is 0 Å². The molecule has 0 spiro atoms. The van der Waals surface area contributed by atoms with Gasteiger partial charge in [0.25, 0.3) is 11.8 Å². The Morgan fingerprint density at radius 3 is 2.39 bits per heavy atom. The Kier molecular flexibility index (Phi) is 6.01. The second kappa shape index (κ2) is 8.95. The van der Waals surface area contributed by atoms with Crippen molar-refractivity contribution in [3.05, 3.63) is 69.2 Å². The zero-order chi connectivity index (χ0) is 23.1. The summed E-state index contributed by atoms with van der Waals surface area (Å²) in [6, 6.07) is 11.0. The average molecular weight is 530 g/mol. The number of halogens is 2. The molecule has 0 aromatic heterocycles. The van der Waals surface area contributed by atoms with Gasteiger partial charge in [-0.2, -0.15) is 10.1 Å². The van der Waals surface area contributed by atoms with Gasteiger partial charge in [0.2, 0.25) is 0 Å². The van der Waals surface area contributed by atoms with Gasteiger partial charge in [0.1, 0.15) is 6.61 Å². The Morgan fingerprint density at radius 1 is 1.12 bits per heavy atom. The summed E-state index contributed by atoms with van der Waals surface area (Å²) in [5.74, 6) is 0.336. The molecule has 6 nitrogen and oxygen atoms in total. The normalized spacial score (nSPS) is 25.7. The van der Waals surface area contributed by atoms with E-state index >= 15 is 0 Å². The molecule has 1 saturated carbocycles. The smallest absolute Gasteiger partial charge is 0.254 e. The van der Waals surface area contributed by atoms with E-state index < -0.39 is 0 Å². The second-order valence-corrected chi connectivity index (χ2v) is 9.75. The van der Waals surface area contributed by atoms with Crippen molar-refractivity contribution in [3.63, 3.8) is 0 Å². The van der Waals surface area contributed by atoms with Gasteiger partial charge in [0.05, 0.1) is 29.6 Å². The number of hydrogen-bond acceptors (Lipinski definition) is 5. The maximum absolute atomic E-state index is 12.9. The van der Waals surface area contributed by atoms with E-state index in [2.05, 4.69) is 33.2 Å². The van der Waals surface area contributed by atoms with Crippen molar-refractivity contribution in [1.29, 1.82) is 0 Å². The third kappa shape index (κ3) is 3.97. The Balaban J connectivity index is 1.35. The van der Waals surface area contributed by atoms with Crippen LogP contribution in [0.4, 0.5) is 0 Å². The minimum absolute atomic E-state index is 0.139. The summed E-state index contributed by atoms with van der Waals surface area (Å²) in [6.45, 7) is 0.276. The van der Waals surface area contributed by atoms with Crippen LogP contribution in [0.3, 0.4) is 0 Å². The van der Waals surface area contributed by atoms with Crippen molar-refractivity contribution >= 4 is 45.6 Å². The van der Waals surface area contributed by atoms with Gasteiger partial charge < -0.3 is 9.47 Å². The Morgan fingerprint density at radius 2 is 1.79 bits per heavy atom. The first-order chi connectivity index (χ1) is 16.0. The van der Waals surface area contributed by atoms with E-state index in [1.807, 2.05) is 24.3 Å². The maximum atomic E-state index is 12.9. The average Bonchev–Trinajstić information content (AvgIpc) is 3.10. The molecule has 4 atom stereocenters. The fourth-order valence-corrected chi connectivity index (χ4v) is 5.78. The number of hydrazone groups is 1. The standard InChI is InChI=1S/C25H22BrClN2O4/c1-32-20-11-14(10-18(26)23(20)33-13-17-4-2-3-5-19(17)27)12-28-29-24(30)21-15-6-7-16(9-8-15)22(21)25(29)31/h2-7,10-12,15-16,21-22H,8-9,13H2,1H3/b28-12-/t15-,16-,21-,22+/m0/s1. The number of amides is 2. The first-order valence-electron chi connectivity index (χ1n) is 10.8. The molecule has 0 unspecified atom stereocenters. The van der Waals surface area contributed by atoms with E-state index in [0.29, 0.717) is 26.6 Å². The zero-order valence-corrected chi connectivity index (χ0v) is 20.3. The van der Waals surface area contributed by atoms with Crippen LogP contribution in [0, 0.1) is 23.7 Å². The highest BCUT2D eigenvalue weighted by molar-refractivity contribution is 9.10. The molecule has 1 saturated heterocycles. The third-order valence-corrected chi connectivity index (χ3v) is 7.60. The number of benzene rings is 2. The van der Waals surface area contributed by atoms with Crippen molar-refractivity contribution in [2.45, 2.75) is 19.4 Å². The summed E-state index contributed by atoms with van der Waals surface area (Å²) in [6.07, 6.45) is 7.61. The number of hydrogen-bond donors (Lipinski definition) is 0. The van der Waals surface area contributed by atoms with Crippen molar-refractivity contribution in [2.24, 2.45) is 28.8 Å². The summed E-state index contributed by atoms with van der Waals surface area (Å²) in [5, 5.41) is 5.95. The molecule has 3 aliphatic carbocycles. The number of carbonyl (C=O) groups is 2. The van der Waals surface area contributed by atoms with Crippen molar-refractivity contribution in [3.8, 4) is 11.5 Å². The summed E-state index contributed by atoms with van der Waals surface area (Å²) in [7, 11) is 1.55. The fourth-order valence-electron chi connectivity index (χ4n) is 5.02. The van der Waals surface area contributed by atoms with Crippen molar-refractivity contribution in [2.75, 3.05) is 7.11 Å². The molecule has 33 heavy (non-hydrogen) atoms. The lowest BCUT2D eigenvalue weighted by Crippen LogP contribution is -2.38. The van der Waals surface area contributed by atoms with Gasteiger partial charge in [-0.1, -0.05) is 42.0 Å². The first-order valence-corrected chi connectivity index (χ1v) is 12.0. The second-order valence-electron chi connectivity index (χ2n) is 8.49. The molecule has 2 bridgehead atoms. The van der Waals surface area contributed by atoms with Crippen LogP contribution in [-0.2, 0) is 16.2 Å². The molecule has 0 N–H and O–H groups in total. The molecular formula is C25H22BrClN2O4. The Labute approximate surface area is 205 Å². The van der Waals surface area contributed by atoms with Gasteiger partial charge in [-0.3, -0.25) is 9.59 Å². The van der Waals surface area contributed by atoms with Gasteiger partial charge in [0, 0.05) is 10.6 Å². The molecule has 2 fully saturated rings. The predicted octanol–water partition coefficient (Wildman–Crippen LogP) is 5.22. The van der Waals surface area contributed by atoms with Gasteiger partial charge in [-0.05, 0) is 64.4 Å². The van der Waals surface area contributed by atoms with Gasteiger partial charge in [0.15, 0.2) is 11.5 Å². The molecule has 2 aromatic carbocycles. The summed E-state index contributed by atoms with van der Waals surface area (Å²) in [5.41, 5.74) is 1.52. The van der Waals surface area contributed by atoms with Crippen LogP contribution in [0.15, 0.2) is 58.1 Å². The summed E-state index contributed by atoms with van der Waals surface area (Å²) in [4.78, 5) is 25.9. The number of imide groups is 1. The fraction of sp³-hybridized carbons (Fsp3) is 0.320. The third-order valence-electron chi connectivity index (χ3n) is 6.64.